The van der Waals surface area contributed by atoms with Crippen LogP contribution in [0.15, 0.2) is 30.3 Å². The molecule has 0 aliphatic heterocycles. The molecule has 0 saturated heterocycles. The highest BCUT2D eigenvalue weighted by Gasteiger charge is 2.06. The fourth-order valence-corrected chi connectivity index (χ4v) is 1.37. The van der Waals surface area contributed by atoms with Crippen molar-refractivity contribution in [3.8, 4) is 11.6 Å². The zero-order chi connectivity index (χ0) is 13.1. The van der Waals surface area contributed by atoms with Crippen LogP contribution in [0.4, 0.5) is 11.6 Å². The van der Waals surface area contributed by atoms with E-state index in [1.165, 1.54) is 24.3 Å². The van der Waals surface area contributed by atoms with Gasteiger partial charge in [0.1, 0.15) is 5.75 Å². The number of nitro benzene ring substituents is 1. The summed E-state index contributed by atoms with van der Waals surface area (Å²) in [5.74, 6) is 0.860. The van der Waals surface area contributed by atoms with Gasteiger partial charge in [0.15, 0.2) is 0 Å². The van der Waals surface area contributed by atoms with Crippen LogP contribution in [-0.4, -0.2) is 14.9 Å². The summed E-state index contributed by atoms with van der Waals surface area (Å²) >= 11 is 0. The molecule has 0 aliphatic rings. The van der Waals surface area contributed by atoms with Crippen LogP contribution in [0, 0.1) is 17.0 Å². The summed E-state index contributed by atoms with van der Waals surface area (Å²) in [6.45, 7) is 1.76. The fourth-order valence-electron chi connectivity index (χ4n) is 1.37. The molecule has 0 radical (unpaired) electrons. The monoisotopic (exact) mass is 246 g/mol. The Morgan fingerprint density at radius 3 is 2.50 bits per heavy atom. The summed E-state index contributed by atoms with van der Waals surface area (Å²) in [5.41, 5.74) is 6.17. The van der Waals surface area contributed by atoms with Crippen LogP contribution in [0.25, 0.3) is 0 Å². The fraction of sp³-hybridized carbons (Fsp3) is 0.0909. The first-order chi connectivity index (χ1) is 8.54. The highest BCUT2D eigenvalue weighted by molar-refractivity contribution is 5.38. The van der Waals surface area contributed by atoms with E-state index >= 15 is 0 Å². The second-order valence-corrected chi connectivity index (χ2v) is 3.56. The molecule has 2 N–H and O–H groups in total. The third-order valence-electron chi connectivity index (χ3n) is 2.12. The summed E-state index contributed by atoms with van der Waals surface area (Å²) in [7, 11) is 0. The molecule has 0 bridgehead atoms. The molecule has 2 rings (SSSR count). The van der Waals surface area contributed by atoms with E-state index in [1.54, 1.807) is 13.0 Å². The van der Waals surface area contributed by atoms with Gasteiger partial charge in [0.2, 0.25) is 11.8 Å². The lowest BCUT2D eigenvalue weighted by molar-refractivity contribution is -0.384. The van der Waals surface area contributed by atoms with E-state index in [-0.39, 0.29) is 11.6 Å². The van der Waals surface area contributed by atoms with Crippen LogP contribution >= 0.6 is 0 Å². The maximum atomic E-state index is 10.5. The Kier molecular flexibility index (Phi) is 3.05. The van der Waals surface area contributed by atoms with E-state index in [4.69, 9.17) is 10.5 Å². The molecule has 1 aromatic carbocycles. The number of aromatic nitrogens is 2. The molecule has 0 amide bonds. The van der Waals surface area contributed by atoms with E-state index in [0.29, 0.717) is 17.3 Å². The van der Waals surface area contributed by atoms with Crippen LogP contribution in [-0.2, 0) is 0 Å². The Morgan fingerprint density at radius 1 is 1.28 bits per heavy atom. The molecule has 1 heterocycles. The Morgan fingerprint density at radius 2 is 1.94 bits per heavy atom. The van der Waals surface area contributed by atoms with Gasteiger partial charge in [-0.25, -0.2) is 4.98 Å². The summed E-state index contributed by atoms with van der Waals surface area (Å²) in [6.07, 6.45) is 0. The Bertz CT molecular complexity index is 563. The lowest BCUT2D eigenvalue weighted by atomic mass is 10.3. The average Bonchev–Trinajstić information content (AvgIpc) is 2.28. The molecule has 7 nitrogen and oxygen atoms in total. The molecule has 0 fully saturated rings. The number of aryl methyl sites for hydroxylation is 1. The lowest BCUT2D eigenvalue weighted by Gasteiger charge is -2.05. The predicted octanol–water partition coefficient (Wildman–Crippen LogP) is 2.07. The van der Waals surface area contributed by atoms with Crippen LogP contribution in [0.2, 0.25) is 0 Å². The molecule has 7 heteroatoms. The second kappa shape index (κ2) is 4.66. The van der Waals surface area contributed by atoms with E-state index in [9.17, 15) is 10.1 Å². The van der Waals surface area contributed by atoms with Crippen molar-refractivity contribution >= 4 is 11.6 Å². The standard InChI is InChI=1S/C11H10N4O3/c1-7-6-10(14-11(12)13-7)18-9-4-2-8(3-5-9)15(16)17/h2-6H,1H3,(H2,12,13,14). The predicted molar refractivity (Wildman–Crippen MR) is 64.4 cm³/mol. The first-order valence-corrected chi connectivity index (χ1v) is 5.08. The minimum Gasteiger partial charge on any atom is -0.439 e. The number of hydrogen-bond acceptors (Lipinski definition) is 6. The van der Waals surface area contributed by atoms with Gasteiger partial charge in [-0.2, -0.15) is 4.98 Å². The summed E-state index contributed by atoms with van der Waals surface area (Å²) in [4.78, 5) is 17.8. The Hall–Kier alpha value is -2.70. The number of rotatable bonds is 3. The van der Waals surface area contributed by atoms with E-state index < -0.39 is 4.92 Å². The summed E-state index contributed by atoms with van der Waals surface area (Å²) in [6, 6.07) is 7.31. The van der Waals surface area contributed by atoms with Gasteiger partial charge in [-0.1, -0.05) is 0 Å². The molecule has 0 spiro atoms. The summed E-state index contributed by atoms with van der Waals surface area (Å²) in [5, 5.41) is 10.5. The minimum absolute atomic E-state index is 0.000678. The molecule has 1 aromatic heterocycles. The van der Waals surface area contributed by atoms with Crippen LogP contribution < -0.4 is 10.5 Å². The van der Waals surface area contributed by atoms with Crippen molar-refractivity contribution in [1.29, 1.82) is 0 Å². The van der Waals surface area contributed by atoms with Crippen molar-refractivity contribution in [1.82, 2.24) is 9.97 Å². The first kappa shape index (κ1) is 11.8. The maximum Gasteiger partial charge on any atom is 0.269 e. The molecular weight excluding hydrogens is 236 g/mol. The van der Waals surface area contributed by atoms with Gasteiger partial charge >= 0.3 is 0 Å². The number of anilines is 1. The number of ether oxygens (including phenoxy) is 1. The maximum absolute atomic E-state index is 10.5. The number of nitrogens with two attached hydrogens (primary N) is 1. The van der Waals surface area contributed by atoms with Gasteiger partial charge in [0.05, 0.1) is 4.92 Å². The number of nitrogen functional groups attached to an aromatic ring is 1. The van der Waals surface area contributed by atoms with Crippen LogP contribution in [0.1, 0.15) is 5.69 Å². The van der Waals surface area contributed by atoms with Crippen LogP contribution in [0.5, 0.6) is 11.6 Å². The average molecular weight is 246 g/mol. The minimum atomic E-state index is -0.476. The molecule has 92 valence electrons. The molecule has 0 aliphatic carbocycles. The molecule has 0 atom stereocenters. The lowest BCUT2D eigenvalue weighted by Crippen LogP contribution is -1.98. The normalized spacial score (nSPS) is 10.1. The zero-order valence-corrected chi connectivity index (χ0v) is 9.53. The summed E-state index contributed by atoms with van der Waals surface area (Å²) < 4.78 is 5.42. The van der Waals surface area contributed by atoms with E-state index in [2.05, 4.69) is 9.97 Å². The third kappa shape index (κ3) is 2.70. The van der Waals surface area contributed by atoms with E-state index in [1.807, 2.05) is 0 Å². The van der Waals surface area contributed by atoms with Crippen molar-refractivity contribution in [3.63, 3.8) is 0 Å². The van der Waals surface area contributed by atoms with Gasteiger partial charge in [0.25, 0.3) is 5.69 Å². The quantitative estimate of drug-likeness (QED) is 0.656. The van der Waals surface area contributed by atoms with Gasteiger partial charge in [-0.3, -0.25) is 10.1 Å². The third-order valence-corrected chi connectivity index (χ3v) is 2.12. The first-order valence-electron chi connectivity index (χ1n) is 5.08. The number of benzene rings is 1. The molecule has 0 unspecified atom stereocenters. The van der Waals surface area contributed by atoms with E-state index in [0.717, 1.165) is 0 Å². The number of nitro groups is 1. The zero-order valence-electron chi connectivity index (χ0n) is 9.53. The van der Waals surface area contributed by atoms with Crippen molar-refractivity contribution in [2.75, 3.05) is 5.73 Å². The highest BCUT2D eigenvalue weighted by Crippen LogP contribution is 2.23. The molecule has 2 aromatic rings. The number of non-ortho nitro benzene ring substituents is 1. The number of nitrogens with zero attached hydrogens (tertiary/aromatic N) is 3. The largest absolute Gasteiger partial charge is 0.439 e. The second-order valence-electron chi connectivity index (χ2n) is 3.56. The highest BCUT2D eigenvalue weighted by atomic mass is 16.6. The molecular formula is C11H10N4O3. The SMILES string of the molecule is Cc1cc(Oc2ccc([N+](=O)[O-])cc2)nc(N)n1. The van der Waals surface area contributed by atoms with Gasteiger partial charge in [0, 0.05) is 23.9 Å². The smallest absolute Gasteiger partial charge is 0.269 e. The van der Waals surface area contributed by atoms with Crippen LogP contribution in [0.3, 0.4) is 0 Å². The van der Waals surface area contributed by atoms with Crippen molar-refractivity contribution in [2.45, 2.75) is 6.92 Å². The van der Waals surface area contributed by atoms with Gasteiger partial charge in [-0.05, 0) is 19.1 Å². The van der Waals surface area contributed by atoms with Crippen molar-refractivity contribution < 1.29 is 9.66 Å². The Labute approximate surface area is 102 Å². The topological polar surface area (TPSA) is 104 Å². The Balaban J connectivity index is 2.20. The van der Waals surface area contributed by atoms with Gasteiger partial charge < -0.3 is 10.5 Å². The van der Waals surface area contributed by atoms with Crippen molar-refractivity contribution in [2.24, 2.45) is 0 Å². The van der Waals surface area contributed by atoms with Crippen molar-refractivity contribution in [3.05, 3.63) is 46.1 Å². The van der Waals surface area contributed by atoms with Gasteiger partial charge in [-0.15, -0.1) is 0 Å². The number of hydrogen-bond donors (Lipinski definition) is 1. The molecule has 0 saturated carbocycles. The molecule has 18 heavy (non-hydrogen) atoms.